The molecule has 1 aromatic carbocycles. The van der Waals surface area contributed by atoms with Crippen LogP contribution in [0.4, 0.5) is 0 Å². The first-order valence-electron chi connectivity index (χ1n) is 12.6. The molecular weight excluding hydrogens is 688 g/mol. The molecule has 4 N–H and O–H groups in total. The van der Waals surface area contributed by atoms with Crippen LogP contribution >= 0.6 is 0 Å². The van der Waals surface area contributed by atoms with Crippen LogP contribution in [0.15, 0.2) is 29.2 Å². The molecule has 10 nitrogen and oxygen atoms in total. The number of aliphatic hydroxyl groups is 1. The standard InChI is InChI=1S/C26H46N4O6S.12CH4.2CH3.Na/c1-9-19(24(27)32)14-21(20-10-12-23(13-11-20)37(34,35)36)15-26(2,3)25(33)28-18-30(7,8)17-22(31)16-29(4,5)6;;;;;;;;;;;;;;;/h10-13,19,21-22,31H,9,14-18H2,1-8H3,(H2-2,27,28,32,33,34,35,36);12*1H4;2*1H3;/q;;;;;;;;;;;;;2*-1;+1/p+1. The number of carbonyl (C=O) groups excluding carboxylic acids is 2. The van der Waals surface area contributed by atoms with Crippen molar-refractivity contribution in [3.8, 4) is 0 Å². The quantitative estimate of drug-likeness (QED) is 0.0589. The molecule has 324 valence electrons. The monoisotopic (exact) mass is 789 g/mol. The summed E-state index contributed by atoms with van der Waals surface area (Å²) in [6.07, 6.45) is 0.784. The van der Waals surface area contributed by atoms with E-state index in [2.05, 4.69) is 5.32 Å². The summed E-state index contributed by atoms with van der Waals surface area (Å²) in [5.74, 6) is -1.28. The first-order valence-corrected chi connectivity index (χ1v) is 14.0. The molecule has 0 aliphatic carbocycles. The summed E-state index contributed by atoms with van der Waals surface area (Å²) < 4.78 is 35.1. The second-order valence-corrected chi connectivity index (χ2v) is 13.8. The summed E-state index contributed by atoms with van der Waals surface area (Å²) in [6.45, 7) is 6.91. The molecule has 0 saturated heterocycles. The van der Waals surface area contributed by atoms with Crippen LogP contribution < -0.4 is 40.6 Å². The Labute approximate surface area is 354 Å². The van der Waals surface area contributed by atoms with Gasteiger partial charge in [-0.1, -0.05) is 122 Å². The van der Waals surface area contributed by atoms with E-state index < -0.39 is 33.5 Å². The van der Waals surface area contributed by atoms with Gasteiger partial charge in [0, 0.05) is 11.3 Å². The molecule has 0 spiro atoms. The van der Waals surface area contributed by atoms with E-state index in [0.29, 0.717) is 48.0 Å². The zero-order valence-electron chi connectivity index (χ0n) is 26.7. The molecule has 2 amide bonds. The summed E-state index contributed by atoms with van der Waals surface area (Å²) in [4.78, 5) is 24.9. The molecule has 0 radical (unpaired) electrons. The number of hydrogen-bond acceptors (Lipinski definition) is 6. The Bertz CT molecular complexity index is 1030. The number of amides is 2. The van der Waals surface area contributed by atoms with Gasteiger partial charge >= 0.3 is 29.6 Å². The summed E-state index contributed by atoms with van der Waals surface area (Å²) >= 11 is 0. The summed E-state index contributed by atoms with van der Waals surface area (Å²) in [5, 5.41) is 13.5. The average molecular weight is 789 g/mol. The van der Waals surface area contributed by atoms with Crippen molar-refractivity contribution in [2.75, 3.05) is 55.0 Å². The van der Waals surface area contributed by atoms with Crippen LogP contribution in [0, 0.1) is 26.2 Å². The van der Waals surface area contributed by atoms with Gasteiger partial charge in [-0.05, 0) is 42.9 Å². The van der Waals surface area contributed by atoms with Crippen molar-refractivity contribution in [2.45, 2.75) is 146 Å². The third-order valence-electron chi connectivity index (χ3n) is 6.61. The Balaban J connectivity index is -0.0000000702. The molecule has 12 heteroatoms. The Morgan fingerprint density at radius 1 is 0.827 bits per heavy atom. The van der Waals surface area contributed by atoms with Crippen LogP contribution in [0.5, 0.6) is 0 Å². The largest absolute Gasteiger partial charge is 1.00 e. The van der Waals surface area contributed by atoms with Crippen LogP contribution in [-0.2, 0) is 19.7 Å². The summed E-state index contributed by atoms with van der Waals surface area (Å²) in [6, 6.07) is 5.63. The fraction of sp³-hybridized carbons (Fsp3) is 0.750. The van der Waals surface area contributed by atoms with Gasteiger partial charge in [-0.25, -0.2) is 8.42 Å². The molecule has 1 aromatic rings. The van der Waals surface area contributed by atoms with Gasteiger partial charge in [0.1, 0.15) is 23.2 Å². The molecule has 1 rings (SSSR count). The number of likely N-dealkylation sites (N-methyl/N-ethyl adjacent to an activating group) is 2. The molecule has 0 aromatic heterocycles. The van der Waals surface area contributed by atoms with Crippen LogP contribution in [0.1, 0.15) is 141 Å². The zero-order chi connectivity index (χ0) is 28.8. The normalized spacial score (nSPS) is 11.1. The topological polar surface area (TPSA) is 150 Å². The van der Waals surface area contributed by atoms with E-state index in [1.165, 1.54) is 12.1 Å². The van der Waals surface area contributed by atoms with E-state index >= 15 is 0 Å². The van der Waals surface area contributed by atoms with Crippen molar-refractivity contribution in [3.63, 3.8) is 0 Å². The minimum absolute atomic E-state index is 0. The third-order valence-corrected chi connectivity index (χ3v) is 7.46. The third kappa shape index (κ3) is 36.0. The number of nitrogens with one attached hydrogen (secondary N) is 1. The van der Waals surface area contributed by atoms with Crippen molar-refractivity contribution in [3.05, 3.63) is 44.7 Å². The van der Waals surface area contributed by atoms with E-state index in [1.807, 2.05) is 56.0 Å². The fourth-order valence-electron chi connectivity index (χ4n) is 4.63. The number of primary amides is 1. The number of quaternary nitrogens is 2. The Hall–Kier alpha value is -1.05. The predicted molar refractivity (Wildman–Crippen MR) is 236 cm³/mol. The van der Waals surface area contributed by atoms with Gasteiger partial charge in [0.2, 0.25) is 11.8 Å². The van der Waals surface area contributed by atoms with Gasteiger partial charge in [-0.2, -0.15) is 0 Å². The first-order chi connectivity index (χ1) is 16.7. The molecule has 0 aliphatic heterocycles. The molecule has 0 aliphatic rings. The Kier molecular flexibility index (Phi) is 75.0. The van der Waals surface area contributed by atoms with Crippen molar-refractivity contribution >= 4 is 21.9 Å². The van der Waals surface area contributed by atoms with E-state index in [1.54, 1.807) is 12.1 Å². The van der Waals surface area contributed by atoms with Gasteiger partial charge in [0.15, 0.2) is 12.8 Å². The van der Waals surface area contributed by atoms with Gasteiger partial charge in [-0.3, -0.25) is 9.59 Å². The fourth-order valence-corrected chi connectivity index (χ4v) is 5.10. The van der Waals surface area contributed by atoms with Crippen molar-refractivity contribution in [1.29, 1.82) is 0 Å². The zero-order valence-corrected chi connectivity index (χ0v) is 29.5. The van der Waals surface area contributed by atoms with Crippen LogP contribution in [0.3, 0.4) is 0 Å². The van der Waals surface area contributed by atoms with E-state index in [0.717, 1.165) is 5.56 Å². The summed E-state index contributed by atoms with van der Waals surface area (Å²) in [7, 11) is 5.34. The van der Waals surface area contributed by atoms with E-state index in [4.69, 9.17) is 5.73 Å². The van der Waals surface area contributed by atoms with Crippen molar-refractivity contribution in [2.24, 2.45) is 17.1 Å². The number of hydrogen-bond donors (Lipinski definition) is 3. The number of carbonyl (C=O) groups is 2. The van der Waals surface area contributed by atoms with E-state index in [9.17, 15) is 27.7 Å². The van der Waals surface area contributed by atoms with Crippen LogP contribution in [0.25, 0.3) is 0 Å². The number of rotatable bonds is 15. The second kappa shape index (κ2) is 39.6. The maximum Gasteiger partial charge on any atom is 1.00 e. The smallest absolute Gasteiger partial charge is 0.744 e. The number of nitrogens with two attached hydrogens (primary N) is 1. The van der Waals surface area contributed by atoms with Gasteiger partial charge in [0.05, 0.1) is 40.1 Å². The maximum atomic E-state index is 13.3. The number of nitrogens with zero attached hydrogens (tertiary/aromatic N) is 2. The average Bonchev–Trinajstić information content (AvgIpc) is 2.72. The minimum atomic E-state index is -4.58. The second-order valence-electron chi connectivity index (χ2n) is 12.5. The Morgan fingerprint density at radius 2 is 1.21 bits per heavy atom. The van der Waals surface area contributed by atoms with Crippen molar-refractivity contribution < 1.29 is 66.2 Å². The predicted octanol–water partition coefficient (Wildman–Crippen LogP) is 6.75. The van der Waals surface area contributed by atoms with Crippen LogP contribution in [-0.4, -0.2) is 100.0 Å². The minimum Gasteiger partial charge on any atom is -0.744 e. The molecule has 3 unspecified atom stereocenters. The van der Waals surface area contributed by atoms with E-state index in [-0.39, 0.29) is 150 Å². The molecule has 0 heterocycles. The maximum absolute atomic E-state index is 13.3. The number of benzene rings is 1. The molecule has 0 saturated carbocycles. The van der Waals surface area contributed by atoms with Gasteiger partial charge < -0.3 is 44.5 Å². The molecule has 0 fully saturated rings. The van der Waals surface area contributed by atoms with Gasteiger partial charge in [-0.15, -0.1) is 0 Å². The Morgan fingerprint density at radius 3 is 1.52 bits per heavy atom. The molecule has 3 atom stereocenters. The molecule has 0 bridgehead atoms. The van der Waals surface area contributed by atoms with Crippen LogP contribution in [0.2, 0.25) is 0 Å². The number of aliphatic hydroxyl groups excluding tert-OH is 1. The first kappa shape index (κ1) is 98.4. The summed E-state index contributed by atoms with van der Waals surface area (Å²) in [5.41, 5.74) is 5.49. The molecular formula is C40H101N4NaO6S. The molecule has 52 heavy (non-hydrogen) atoms. The van der Waals surface area contributed by atoms with Crippen molar-refractivity contribution in [1.82, 2.24) is 5.32 Å². The van der Waals surface area contributed by atoms with Gasteiger partial charge in [0.25, 0.3) is 0 Å². The SMILES string of the molecule is C.C.C.C.C.C.C.C.C.C.C.C.CCC(CC(CC(C)(C)C(=O)NC[N+](C)(C)CC(O)C[N+](C)(C)C)c1ccc(S(=O)(=O)[O-])cc1)C(N)=O.[CH3-].[CH3-].[Na+].